The summed E-state index contributed by atoms with van der Waals surface area (Å²) >= 11 is 0. The second kappa shape index (κ2) is 18.3. The topological polar surface area (TPSA) is 97.3 Å². The van der Waals surface area contributed by atoms with Gasteiger partial charge in [0, 0.05) is 32.4 Å². The number of aliphatic hydroxyl groups excluding tert-OH is 2. The Kier molecular flexibility index (Phi) is 15.3. The average Bonchev–Trinajstić information content (AvgIpc) is 3.14. The second-order valence-electron chi connectivity index (χ2n) is 9.30. The predicted octanol–water partition coefficient (Wildman–Crippen LogP) is 3.79. The van der Waals surface area contributed by atoms with E-state index >= 15 is 0 Å². The molecule has 7 heteroatoms. The molecule has 3 N–H and O–H groups in total. The van der Waals surface area contributed by atoms with E-state index in [2.05, 4.69) is 29.6 Å². The molecule has 0 bridgehead atoms. The number of nitrogens with one attached hydrogen (secondary N) is 1. The Balaban J connectivity index is 1.91. The Labute approximate surface area is 216 Å². The van der Waals surface area contributed by atoms with Gasteiger partial charge in [0.1, 0.15) is 6.79 Å². The summed E-state index contributed by atoms with van der Waals surface area (Å²) < 4.78 is 16.5. The molecule has 1 fully saturated rings. The van der Waals surface area contributed by atoms with Crippen molar-refractivity contribution < 1.29 is 29.2 Å². The molecule has 1 amide bonds. The molecule has 1 unspecified atom stereocenters. The maximum Gasteiger partial charge on any atom is 0.219 e. The van der Waals surface area contributed by atoms with Crippen LogP contribution in [0, 0.1) is 11.8 Å². The maximum atomic E-state index is 11.5. The number of hydrogen-bond donors (Lipinski definition) is 3. The fraction of sp³-hybridized carbons (Fsp3) is 0.621. The molecule has 0 saturated heterocycles. The van der Waals surface area contributed by atoms with Gasteiger partial charge in [0.2, 0.25) is 5.91 Å². The Morgan fingerprint density at radius 3 is 2.72 bits per heavy atom. The zero-order valence-corrected chi connectivity index (χ0v) is 21.9. The maximum absolute atomic E-state index is 11.5. The van der Waals surface area contributed by atoms with Crippen molar-refractivity contribution in [2.75, 3.05) is 33.7 Å². The molecule has 36 heavy (non-hydrogen) atoms. The van der Waals surface area contributed by atoms with Gasteiger partial charge in [-0.2, -0.15) is 0 Å². The molecule has 0 radical (unpaired) electrons. The summed E-state index contributed by atoms with van der Waals surface area (Å²) in [5, 5.41) is 24.0. The highest BCUT2D eigenvalue weighted by molar-refractivity contribution is 5.75. The number of hydrogen-bond acceptors (Lipinski definition) is 6. The molecule has 5 atom stereocenters. The lowest BCUT2D eigenvalue weighted by Gasteiger charge is -2.21. The van der Waals surface area contributed by atoms with E-state index in [-0.39, 0.29) is 30.6 Å². The normalized spacial score (nSPS) is 23.0. The first-order valence-corrected chi connectivity index (χ1v) is 13.2. The predicted molar refractivity (Wildman–Crippen MR) is 141 cm³/mol. The van der Waals surface area contributed by atoms with Gasteiger partial charge in [0.15, 0.2) is 0 Å². The van der Waals surface area contributed by atoms with E-state index in [1.54, 1.807) is 7.11 Å². The van der Waals surface area contributed by atoms with Gasteiger partial charge in [-0.15, -0.1) is 0 Å². The number of unbranched alkanes of at least 4 members (excludes halogenated alkanes) is 1. The number of carbonyl (C=O) groups excluding carboxylic acids is 1. The summed E-state index contributed by atoms with van der Waals surface area (Å²) in [4.78, 5) is 11.5. The number of methoxy groups -OCH3 is 1. The van der Waals surface area contributed by atoms with Crippen LogP contribution in [0.1, 0.15) is 51.0 Å². The molecule has 1 aromatic carbocycles. The van der Waals surface area contributed by atoms with Gasteiger partial charge in [-0.1, -0.05) is 54.6 Å². The molecule has 0 heterocycles. The van der Waals surface area contributed by atoms with Crippen LogP contribution in [-0.2, 0) is 25.4 Å². The Bertz CT molecular complexity index is 768. The van der Waals surface area contributed by atoms with Gasteiger partial charge in [0.05, 0.1) is 31.5 Å². The third-order valence-corrected chi connectivity index (χ3v) is 6.54. The Morgan fingerprint density at radius 2 is 1.97 bits per heavy atom. The van der Waals surface area contributed by atoms with Crippen LogP contribution in [-0.4, -0.2) is 68.1 Å². The van der Waals surface area contributed by atoms with Crippen molar-refractivity contribution in [3.63, 3.8) is 0 Å². The van der Waals surface area contributed by atoms with Gasteiger partial charge in [-0.25, -0.2) is 0 Å². The molecule has 1 aliphatic rings. The number of ether oxygens (including phenoxy) is 3. The smallest absolute Gasteiger partial charge is 0.219 e. The van der Waals surface area contributed by atoms with Crippen LogP contribution in [0.15, 0.2) is 54.6 Å². The molecule has 2 rings (SSSR count). The van der Waals surface area contributed by atoms with Crippen molar-refractivity contribution in [3.05, 3.63) is 60.2 Å². The second-order valence-corrected chi connectivity index (χ2v) is 9.30. The van der Waals surface area contributed by atoms with Crippen molar-refractivity contribution in [2.24, 2.45) is 11.8 Å². The summed E-state index contributed by atoms with van der Waals surface area (Å²) in [7, 11) is 1.63. The number of amides is 1. The average molecular weight is 504 g/mol. The number of benzene rings is 1. The number of carbonyl (C=O) groups is 1. The molecule has 7 nitrogen and oxygen atoms in total. The molecular weight excluding hydrogens is 458 g/mol. The Hall–Kier alpha value is -2.03. The van der Waals surface area contributed by atoms with E-state index in [1.807, 2.05) is 37.3 Å². The van der Waals surface area contributed by atoms with E-state index in [0.29, 0.717) is 39.0 Å². The van der Waals surface area contributed by atoms with E-state index in [0.717, 1.165) is 25.7 Å². The molecule has 1 aromatic rings. The summed E-state index contributed by atoms with van der Waals surface area (Å²) in [6.07, 6.45) is 11.7. The van der Waals surface area contributed by atoms with Gasteiger partial charge >= 0.3 is 0 Å². The van der Waals surface area contributed by atoms with Crippen LogP contribution in [0.5, 0.6) is 0 Å². The highest BCUT2D eigenvalue weighted by atomic mass is 16.7. The highest BCUT2D eigenvalue weighted by Gasteiger charge is 2.39. The van der Waals surface area contributed by atoms with Crippen LogP contribution in [0.4, 0.5) is 0 Å². The fourth-order valence-corrected chi connectivity index (χ4v) is 4.52. The summed E-state index contributed by atoms with van der Waals surface area (Å²) in [6.45, 7) is 3.73. The van der Waals surface area contributed by atoms with Crippen molar-refractivity contribution in [1.82, 2.24) is 5.32 Å². The minimum absolute atomic E-state index is 0.0522. The molecule has 0 spiro atoms. The quantitative estimate of drug-likeness (QED) is 0.160. The number of allylic oxidation sites excluding steroid dienone is 2. The minimum atomic E-state index is -0.583. The van der Waals surface area contributed by atoms with Gasteiger partial charge in [0.25, 0.3) is 0 Å². The summed E-state index contributed by atoms with van der Waals surface area (Å²) in [5.74, 6) is -0.112. The lowest BCUT2D eigenvalue weighted by molar-refractivity contribution is -0.121. The lowest BCUT2D eigenvalue weighted by Crippen LogP contribution is -2.22. The first-order chi connectivity index (χ1) is 17.5. The van der Waals surface area contributed by atoms with Crippen LogP contribution in [0.25, 0.3) is 0 Å². The van der Waals surface area contributed by atoms with Crippen molar-refractivity contribution in [3.8, 4) is 0 Å². The SMILES string of the molecule is CCNC(=O)CCCC=CC[C@@H]1[C@@H](C=CC(CCc2ccccc2)OCOCCOC)[C@H](O)C[C@@H]1O. The van der Waals surface area contributed by atoms with Crippen molar-refractivity contribution in [1.29, 1.82) is 0 Å². The van der Waals surface area contributed by atoms with E-state index in [1.165, 1.54) is 5.56 Å². The number of aliphatic hydroxyl groups is 2. The standard InChI is InChI=1S/C29H45NO6/c1-3-30-29(33)14-10-5-4-9-13-25-26(28(32)21-27(25)31)18-17-24(36-22-35-20-19-34-2)16-15-23-11-7-6-8-12-23/h4,6-9,11-12,17-18,24-28,31-32H,3,5,10,13-16,19-22H2,1-2H3,(H,30,33)/t24?,25-,26-,27+,28-/m1/s1. The van der Waals surface area contributed by atoms with E-state index < -0.39 is 12.2 Å². The van der Waals surface area contributed by atoms with Gasteiger partial charge in [-0.3, -0.25) is 4.79 Å². The van der Waals surface area contributed by atoms with Crippen LogP contribution >= 0.6 is 0 Å². The fourth-order valence-electron chi connectivity index (χ4n) is 4.52. The van der Waals surface area contributed by atoms with E-state index in [9.17, 15) is 15.0 Å². The van der Waals surface area contributed by atoms with Gasteiger partial charge in [-0.05, 0) is 50.5 Å². The summed E-state index contributed by atoms with van der Waals surface area (Å²) in [5.41, 5.74) is 1.24. The Morgan fingerprint density at radius 1 is 1.17 bits per heavy atom. The third kappa shape index (κ3) is 11.8. The third-order valence-electron chi connectivity index (χ3n) is 6.54. The molecule has 0 aromatic heterocycles. The number of rotatable bonds is 18. The van der Waals surface area contributed by atoms with Crippen LogP contribution in [0.2, 0.25) is 0 Å². The van der Waals surface area contributed by atoms with Crippen molar-refractivity contribution >= 4 is 5.91 Å². The minimum Gasteiger partial charge on any atom is -0.393 e. The molecule has 1 aliphatic carbocycles. The molecule has 1 saturated carbocycles. The lowest BCUT2D eigenvalue weighted by atomic mass is 9.89. The first kappa shape index (κ1) is 30.2. The molecule has 202 valence electrons. The zero-order valence-electron chi connectivity index (χ0n) is 21.9. The van der Waals surface area contributed by atoms with Crippen LogP contribution < -0.4 is 5.32 Å². The largest absolute Gasteiger partial charge is 0.393 e. The highest BCUT2D eigenvalue weighted by Crippen LogP contribution is 2.36. The van der Waals surface area contributed by atoms with Gasteiger partial charge < -0.3 is 29.7 Å². The first-order valence-electron chi connectivity index (χ1n) is 13.2. The monoisotopic (exact) mass is 503 g/mol. The van der Waals surface area contributed by atoms with Crippen molar-refractivity contribution in [2.45, 2.75) is 70.2 Å². The zero-order chi connectivity index (χ0) is 26.0. The summed E-state index contributed by atoms with van der Waals surface area (Å²) in [6, 6.07) is 10.3. The molecular formula is C29H45NO6. The van der Waals surface area contributed by atoms with E-state index in [4.69, 9.17) is 14.2 Å². The number of aryl methyl sites for hydroxylation is 1. The van der Waals surface area contributed by atoms with Crippen LogP contribution in [0.3, 0.4) is 0 Å². The molecule has 0 aliphatic heterocycles.